The van der Waals surface area contributed by atoms with E-state index in [1.807, 2.05) is 86.8 Å². The second-order valence-electron chi connectivity index (χ2n) is 10.3. The molecule has 0 saturated heterocycles. The molecule has 5 aromatic heterocycles. The number of hydrogen-bond acceptors (Lipinski definition) is 5. The molecule has 2 aromatic carbocycles. The second-order valence-corrected chi connectivity index (χ2v) is 11.2. The summed E-state index contributed by atoms with van der Waals surface area (Å²) in [6.45, 7) is 3.35. The fourth-order valence-electron chi connectivity index (χ4n) is 4.44. The topological polar surface area (TPSA) is 51.8 Å². The molecule has 0 bridgehead atoms. The van der Waals surface area contributed by atoms with Crippen LogP contribution in [0.15, 0.2) is 94.9 Å². The van der Waals surface area contributed by atoms with E-state index in [0.717, 1.165) is 32.2 Å². The Morgan fingerprint density at radius 2 is 1.73 bits per heavy atom. The van der Waals surface area contributed by atoms with Crippen molar-refractivity contribution in [3.05, 3.63) is 114 Å². The molecule has 0 aliphatic carbocycles. The summed E-state index contributed by atoms with van der Waals surface area (Å²) in [7, 11) is 0. The van der Waals surface area contributed by atoms with E-state index in [2.05, 4.69) is 22.1 Å². The smallest absolute Gasteiger partial charge is 0.216 e. The van der Waals surface area contributed by atoms with Crippen LogP contribution in [0.25, 0.3) is 54.8 Å². The third-order valence-electron chi connectivity index (χ3n) is 6.15. The third kappa shape index (κ3) is 6.30. The summed E-state index contributed by atoms with van der Waals surface area (Å²) in [5, 5.41) is 4.18. The number of furan rings is 1. The molecule has 1 radical (unpaired) electrons. The van der Waals surface area contributed by atoms with Gasteiger partial charge in [-0.3, -0.25) is 4.98 Å². The number of pyridine rings is 3. The molecule has 0 atom stereocenters. The standard InChI is InChI=1S/C24H21N2OS.C11H8N.Ir/c1-14-8-9-18-17-6-5-7-19(21(17)27-22(18)25-14)20-11-10-16-15(12-24(2,3)4)13-28-23(16)26-20;1-2-6-10(7-3-1)11-8-4-5-9-12-11;/h5-6,8-11,13H,12H2,1-4H3;1-6,8-9H;/q2*-1;/i1D3,12D2;;. The number of benzene rings is 2. The number of fused-ring (bicyclic) bond motifs is 4. The number of rotatable bonds is 3. The summed E-state index contributed by atoms with van der Waals surface area (Å²) >= 11 is 1.41. The minimum atomic E-state index is -2.32. The summed E-state index contributed by atoms with van der Waals surface area (Å²) in [6, 6.07) is 30.6. The van der Waals surface area contributed by atoms with Crippen LogP contribution in [0.3, 0.4) is 0 Å². The van der Waals surface area contributed by atoms with E-state index in [1.54, 1.807) is 18.3 Å². The second kappa shape index (κ2) is 12.0. The molecular weight excluding hydrogens is 703 g/mol. The fraction of sp³-hybridized carbons (Fsp3) is 0.171. The Labute approximate surface area is 264 Å². The fourth-order valence-corrected chi connectivity index (χ4v) is 5.31. The Balaban J connectivity index is 0.000000269. The predicted molar refractivity (Wildman–Crippen MR) is 165 cm³/mol. The van der Waals surface area contributed by atoms with Gasteiger partial charge in [-0.2, -0.15) is 0 Å². The average molecular weight is 737 g/mol. The molecule has 0 amide bonds. The van der Waals surface area contributed by atoms with Crippen molar-refractivity contribution >= 4 is 43.6 Å². The Morgan fingerprint density at radius 3 is 2.49 bits per heavy atom. The van der Waals surface area contributed by atoms with Crippen LogP contribution >= 0.6 is 11.3 Å². The number of nitrogens with zero attached hydrogens (tertiary/aromatic N) is 3. The van der Waals surface area contributed by atoms with Gasteiger partial charge in [-0.15, -0.1) is 65.4 Å². The van der Waals surface area contributed by atoms with Gasteiger partial charge in [0.25, 0.3) is 0 Å². The van der Waals surface area contributed by atoms with Crippen LogP contribution in [0.1, 0.15) is 38.9 Å². The Bertz CT molecular complexity index is 2080. The van der Waals surface area contributed by atoms with Crippen molar-refractivity contribution in [1.82, 2.24) is 15.0 Å². The number of aromatic nitrogens is 3. The van der Waals surface area contributed by atoms with Gasteiger partial charge in [0.2, 0.25) is 5.71 Å². The van der Waals surface area contributed by atoms with Crippen LogP contribution < -0.4 is 0 Å². The molecular formula is C35H29IrN3OS-2. The van der Waals surface area contributed by atoms with Gasteiger partial charge in [0, 0.05) is 49.6 Å². The zero-order valence-electron chi connectivity index (χ0n) is 27.7. The zero-order valence-corrected chi connectivity index (χ0v) is 25.9. The van der Waals surface area contributed by atoms with Gasteiger partial charge in [-0.1, -0.05) is 56.0 Å². The minimum Gasteiger partial charge on any atom is -0.486 e. The molecule has 41 heavy (non-hydrogen) atoms. The van der Waals surface area contributed by atoms with Gasteiger partial charge in [0.05, 0.1) is 5.58 Å². The molecule has 0 saturated carbocycles. The van der Waals surface area contributed by atoms with Gasteiger partial charge in [0.15, 0.2) is 0 Å². The van der Waals surface area contributed by atoms with Crippen LogP contribution in [0.2, 0.25) is 0 Å². The number of aryl methyl sites for hydroxylation is 1. The van der Waals surface area contributed by atoms with Gasteiger partial charge < -0.3 is 9.40 Å². The summed E-state index contributed by atoms with van der Waals surface area (Å²) in [6.07, 6.45) is 0.279. The Kier molecular flexibility index (Phi) is 6.73. The molecule has 0 spiro atoms. The van der Waals surface area contributed by atoms with Crippen molar-refractivity contribution in [3.63, 3.8) is 0 Å². The van der Waals surface area contributed by atoms with Crippen LogP contribution in [0.4, 0.5) is 0 Å². The molecule has 7 aromatic rings. The van der Waals surface area contributed by atoms with Crippen LogP contribution in [0, 0.1) is 24.4 Å². The SMILES string of the molecule is [2H]C([2H])([2H])c1ccc2c(n1)oc1c(-c3ccc4c(C([2H])([2H])C(C)(C)C)csc4n3)[c-]ccc12.[Ir].[c-]1ccccc1-c1ccccn1. The number of hydrogen-bond donors (Lipinski definition) is 0. The van der Waals surface area contributed by atoms with Crippen molar-refractivity contribution < 1.29 is 31.4 Å². The van der Waals surface area contributed by atoms with E-state index >= 15 is 0 Å². The zero-order chi connectivity index (χ0) is 32.0. The maximum Gasteiger partial charge on any atom is 0.216 e. The van der Waals surface area contributed by atoms with E-state index in [9.17, 15) is 0 Å². The maximum atomic E-state index is 8.64. The molecule has 5 heterocycles. The Morgan fingerprint density at radius 1 is 0.878 bits per heavy atom. The van der Waals surface area contributed by atoms with Crippen molar-refractivity contribution in [2.75, 3.05) is 0 Å². The first-order valence-electron chi connectivity index (χ1n) is 15.4. The average Bonchev–Trinajstić information content (AvgIpc) is 3.62. The van der Waals surface area contributed by atoms with E-state index in [-0.39, 0.29) is 31.5 Å². The summed E-state index contributed by atoms with van der Waals surface area (Å²) in [4.78, 5) is 14.0. The normalized spacial score (nSPS) is 13.8. The summed E-state index contributed by atoms with van der Waals surface area (Å²) in [5.41, 5.74) is 4.17. The molecule has 207 valence electrons. The molecule has 0 fully saturated rings. The van der Waals surface area contributed by atoms with Crippen LogP contribution in [-0.2, 0) is 26.5 Å². The first-order valence-corrected chi connectivity index (χ1v) is 13.7. The van der Waals surface area contributed by atoms with E-state index < -0.39 is 18.6 Å². The van der Waals surface area contributed by atoms with Gasteiger partial charge in [-0.25, -0.2) is 4.98 Å². The monoisotopic (exact) mass is 737 g/mol. The summed E-state index contributed by atoms with van der Waals surface area (Å²) < 4.78 is 46.1. The molecule has 7 rings (SSSR count). The van der Waals surface area contributed by atoms with E-state index in [1.165, 1.54) is 17.4 Å². The van der Waals surface area contributed by atoms with Crippen molar-refractivity contribution in [2.45, 2.75) is 34.0 Å². The van der Waals surface area contributed by atoms with Crippen molar-refractivity contribution in [1.29, 1.82) is 0 Å². The maximum absolute atomic E-state index is 8.64. The van der Waals surface area contributed by atoms with Gasteiger partial charge in [-0.05, 0) is 59.2 Å². The Hall–Kier alpha value is -3.70. The molecule has 6 heteroatoms. The summed E-state index contributed by atoms with van der Waals surface area (Å²) in [5.74, 6) is 0. The van der Waals surface area contributed by atoms with Crippen molar-refractivity contribution in [3.8, 4) is 22.5 Å². The van der Waals surface area contributed by atoms with Gasteiger partial charge >= 0.3 is 0 Å². The first-order chi connectivity index (χ1) is 21.3. The molecule has 0 N–H and O–H groups in total. The molecule has 0 unspecified atom stereocenters. The van der Waals surface area contributed by atoms with Crippen LogP contribution in [-0.4, -0.2) is 15.0 Å². The van der Waals surface area contributed by atoms with E-state index in [4.69, 9.17) is 16.3 Å². The third-order valence-corrected chi connectivity index (χ3v) is 7.04. The van der Waals surface area contributed by atoms with Crippen molar-refractivity contribution in [2.24, 2.45) is 5.41 Å². The largest absolute Gasteiger partial charge is 0.486 e. The minimum absolute atomic E-state index is 0. The molecule has 4 nitrogen and oxygen atoms in total. The van der Waals surface area contributed by atoms with Gasteiger partial charge in [0.1, 0.15) is 4.83 Å². The molecule has 0 aliphatic heterocycles. The quantitative estimate of drug-likeness (QED) is 0.170. The first kappa shape index (κ1) is 22.9. The van der Waals surface area contributed by atoms with E-state index in [0.29, 0.717) is 22.4 Å². The number of thiophene rings is 1. The van der Waals surface area contributed by atoms with Crippen LogP contribution in [0.5, 0.6) is 0 Å². The molecule has 0 aliphatic rings. The predicted octanol–water partition coefficient (Wildman–Crippen LogP) is 9.50.